The van der Waals surface area contributed by atoms with Gasteiger partial charge in [-0.15, -0.1) is 0 Å². The minimum Gasteiger partial charge on any atom is -0.481 e. The molecule has 0 spiro atoms. The summed E-state index contributed by atoms with van der Waals surface area (Å²) in [5.41, 5.74) is 0.392. The Hall–Kier alpha value is -0.610. The first-order valence-corrected chi connectivity index (χ1v) is 12.8. The lowest BCUT2D eigenvalue weighted by Crippen LogP contribution is -2.04. The zero-order chi connectivity index (χ0) is 22.9. The summed E-state index contributed by atoms with van der Waals surface area (Å²) in [6, 6.07) is 0. The topological polar surface area (TPSA) is 55.8 Å². The van der Waals surface area contributed by atoms with Crippen molar-refractivity contribution in [3.05, 3.63) is 0 Å². The van der Waals surface area contributed by atoms with Crippen LogP contribution < -0.4 is 0 Å². The van der Waals surface area contributed by atoms with Crippen molar-refractivity contribution in [1.82, 2.24) is 0 Å². The molecule has 0 unspecified atom stereocenters. The van der Waals surface area contributed by atoms with Gasteiger partial charge in [0.1, 0.15) is 0 Å². The quantitative estimate of drug-likeness (QED) is 0.119. The van der Waals surface area contributed by atoms with Crippen LogP contribution in [0.15, 0.2) is 0 Å². The third-order valence-corrected chi connectivity index (χ3v) is 5.06. The van der Waals surface area contributed by atoms with Crippen molar-refractivity contribution in [3.8, 4) is 0 Å². The molecule has 0 atom stereocenters. The summed E-state index contributed by atoms with van der Waals surface area (Å²) >= 11 is 0. The van der Waals surface area contributed by atoms with Crippen LogP contribution in [-0.4, -0.2) is 24.3 Å². The normalized spacial score (nSPS) is 11.2. The molecule has 30 heavy (non-hydrogen) atoms. The molecule has 1 N–H and O–H groups in total. The van der Waals surface area contributed by atoms with E-state index in [2.05, 4.69) is 34.6 Å². The average Bonchev–Trinajstić information content (AvgIpc) is 2.67. The summed E-state index contributed by atoms with van der Waals surface area (Å²) in [6.45, 7) is 12.7. The predicted octanol–water partition coefficient (Wildman–Crippen LogP) is 8.72. The van der Waals surface area contributed by atoms with Crippen LogP contribution in [0.3, 0.4) is 0 Å². The molecule has 0 aliphatic heterocycles. The summed E-state index contributed by atoms with van der Waals surface area (Å²) < 4.78 is 0. The van der Waals surface area contributed by atoms with Gasteiger partial charge in [0.05, 0.1) is 13.2 Å². The summed E-state index contributed by atoms with van der Waals surface area (Å²) in [6.07, 6.45) is 20.2. The molecule has 0 rings (SSSR count). The van der Waals surface area contributed by atoms with Crippen molar-refractivity contribution < 1.29 is 19.7 Å². The van der Waals surface area contributed by atoms with Gasteiger partial charge in [0, 0.05) is 6.42 Å². The van der Waals surface area contributed by atoms with Crippen LogP contribution in [0.2, 0.25) is 0 Å². The van der Waals surface area contributed by atoms with Crippen molar-refractivity contribution in [3.63, 3.8) is 0 Å². The second kappa shape index (κ2) is 24.7. The minimum absolute atomic E-state index is 0.324. The van der Waals surface area contributed by atoms with E-state index in [1.807, 2.05) is 0 Å². The number of carboxylic acid groups (broad SMARTS) is 1. The molecule has 0 aromatic heterocycles. The lowest BCUT2D eigenvalue weighted by molar-refractivity contribution is -0.295. The monoisotopic (exact) mass is 430 g/mol. The third-order valence-electron chi connectivity index (χ3n) is 5.06. The molecule has 0 aromatic carbocycles. The second-order valence-electron chi connectivity index (χ2n) is 9.69. The first kappa shape index (κ1) is 31.6. The fourth-order valence-corrected chi connectivity index (χ4v) is 3.11. The number of carbonyl (C=O) groups is 1. The molecule has 0 aliphatic rings. The van der Waals surface area contributed by atoms with Gasteiger partial charge in [-0.1, -0.05) is 112 Å². The van der Waals surface area contributed by atoms with Crippen LogP contribution in [-0.2, 0) is 14.6 Å². The number of hydrogen-bond donors (Lipinski definition) is 1. The first-order chi connectivity index (χ1) is 14.3. The molecular weight excluding hydrogens is 376 g/mol. The van der Waals surface area contributed by atoms with Crippen molar-refractivity contribution in [2.45, 2.75) is 144 Å². The minimum atomic E-state index is -0.675. The summed E-state index contributed by atoms with van der Waals surface area (Å²) in [5, 5.41) is 8.37. The van der Waals surface area contributed by atoms with E-state index in [4.69, 9.17) is 14.9 Å². The Balaban J connectivity index is 0. The maximum absolute atomic E-state index is 10.2. The molecule has 0 heterocycles. The van der Waals surface area contributed by atoms with E-state index in [1.54, 1.807) is 0 Å². The first-order valence-electron chi connectivity index (χ1n) is 12.8. The smallest absolute Gasteiger partial charge is 0.303 e. The van der Waals surface area contributed by atoms with Gasteiger partial charge in [-0.2, -0.15) is 0 Å². The molecule has 0 radical (unpaired) electrons. The van der Waals surface area contributed by atoms with Crippen LogP contribution in [0.5, 0.6) is 0 Å². The fraction of sp³-hybridized carbons (Fsp3) is 0.962. The standard InChI is InChI=1S/C16H34O2.C10H20O2/c1-3-5-7-9-11-13-15-17-18-16-14-12-10-8-6-4-2;1-10(2,3)8-6-4-5-7-9(11)12/h3-16H2,1-2H3;4-8H2,1-3H3,(H,11,12). The maximum atomic E-state index is 10.2. The molecule has 0 bridgehead atoms. The van der Waals surface area contributed by atoms with Gasteiger partial charge in [-0.25, -0.2) is 9.78 Å². The van der Waals surface area contributed by atoms with Crippen LogP contribution in [0.1, 0.15) is 144 Å². The number of rotatable bonds is 20. The van der Waals surface area contributed by atoms with E-state index in [0.717, 1.165) is 45.3 Å². The van der Waals surface area contributed by atoms with Crippen molar-refractivity contribution >= 4 is 5.97 Å². The highest BCUT2D eigenvalue weighted by atomic mass is 17.2. The van der Waals surface area contributed by atoms with Crippen LogP contribution in [0.4, 0.5) is 0 Å². The van der Waals surface area contributed by atoms with E-state index in [1.165, 1.54) is 70.6 Å². The van der Waals surface area contributed by atoms with Gasteiger partial charge in [-0.3, -0.25) is 4.79 Å². The number of carboxylic acids is 1. The predicted molar refractivity (Wildman–Crippen MR) is 129 cm³/mol. The Morgan fingerprint density at radius 1 is 0.633 bits per heavy atom. The second-order valence-corrected chi connectivity index (χ2v) is 9.69. The highest BCUT2D eigenvalue weighted by molar-refractivity contribution is 5.66. The number of hydrogen-bond acceptors (Lipinski definition) is 3. The molecule has 182 valence electrons. The average molecular weight is 431 g/mol. The highest BCUT2D eigenvalue weighted by Gasteiger charge is 2.08. The zero-order valence-corrected chi connectivity index (χ0v) is 21.1. The Bertz CT molecular complexity index is 320. The Labute approximate surface area is 188 Å². The largest absolute Gasteiger partial charge is 0.481 e. The van der Waals surface area contributed by atoms with Crippen LogP contribution >= 0.6 is 0 Å². The molecule has 4 nitrogen and oxygen atoms in total. The highest BCUT2D eigenvalue weighted by Crippen LogP contribution is 2.22. The maximum Gasteiger partial charge on any atom is 0.303 e. The van der Waals surface area contributed by atoms with Gasteiger partial charge in [0.2, 0.25) is 0 Å². The Kier molecular flexibility index (Phi) is 26.0. The molecular formula is C26H54O4. The van der Waals surface area contributed by atoms with Crippen LogP contribution in [0.25, 0.3) is 0 Å². The number of unbranched alkanes of at least 4 members (excludes halogenated alkanes) is 12. The molecule has 0 amide bonds. The molecule has 4 heteroatoms. The van der Waals surface area contributed by atoms with Crippen LogP contribution in [0, 0.1) is 5.41 Å². The molecule has 0 fully saturated rings. The molecule has 0 aromatic rings. The Morgan fingerprint density at radius 3 is 1.43 bits per heavy atom. The van der Waals surface area contributed by atoms with E-state index in [9.17, 15) is 4.79 Å². The Morgan fingerprint density at radius 2 is 1.03 bits per heavy atom. The zero-order valence-electron chi connectivity index (χ0n) is 21.1. The van der Waals surface area contributed by atoms with E-state index in [0.29, 0.717) is 11.8 Å². The van der Waals surface area contributed by atoms with E-state index < -0.39 is 5.97 Å². The van der Waals surface area contributed by atoms with Gasteiger partial charge in [0.25, 0.3) is 0 Å². The van der Waals surface area contributed by atoms with E-state index >= 15 is 0 Å². The summed E-state index contributed by atoms with van der Waals surface area (Å²) in [4.78, 5) is 20.5. The summed E-state index contributed by atoms with van der Waals surface area (Å²) in [5.74, 6) is -0.675. The van der Waals surface area contributed by atoms with Crippen molar-refractivity contribution in [2.75, 3.05) is 13.2 Å². The summed E-state index contributed by atoms with van der Waals surface area (Å²) in [7, 11) is 0. The van der Waals surface area contributed by atoms with Crippen molar-refractivity contribution in [2.24, 2.45) is 5.41 Å². The molecule has 0 aliphatic carbocycles. The lowest BCUT2D eigenvalue weighted by Gasteiger charge is -2.17. The molecule has 0 saturated heterocycles. The number of aliphatic carboxylic acids is 1. The van der Waals surface area contributed by atoms with Gasteiger partial charge >= 0.3 is 5.97 Å². The van der Waals surface area contributed by atoms with Gasteiger partial charge < -0.3 is 5.11 Å². The van der Waals surface area contributed by atoms with E-state index in [-0.39, 0.29) is 0 Å². The van der Waals surface area contributed by atoms with Gasteiger partial charge in [0.15, 0.2) is 0 Å². The SMILES string of the molecule is CC(C)(C)CCCCCC(=O)O.CCCCCCCCOOCCCCCCCC. The third kappa shape index (κ3) is 34.9. The lowest BCUT2D eigenvalue weighted by atomic mass is 9.89. The van der Waals surface area contributed by atoms with Crippen molar-refractivity contribution in [1.29, 1.82) is 0 Å². The molecule has 0 saturated carbocycles. The fourth-order valence-electron chi connectivity index (χ4n) is 3.11. The van der Waals surface area contributed by atoms with Gasteiger partial charge in [-0.05, 0) is 31.1 Å².